The van der Waals surface area contributed by atoms with E-state index in [0.717, 1.165) is 57.8 Å². The van der Waals surface area contributed by atoms with Gasteiger partial charge < -0.3 is 28.8 Å². The van der Waals surface area contributed by atoms with Gasteiger partial charge in [-0.15, -0.1) is 0 Å². The average Bonchev–Trinajstić information content (AvgIpc) is 3.55. The van der Waals surface area contributed by atoms with Crippen LogP contribution >= 0.6 is 7.82 Å². The topological polar surface area (TPSA) is 108 Å². The average molecular weight is 1270 g/mol. The summed E-state index contributed by atoms with van der Waals surface area (Å²) in [5.41, 5.74) is 0. The Hall–Kier alpha value is -2.06. The molecule has 0 aromatic carbocycles. The van der Waals surface area contributed by atoms with E-state index in [0.29, 0.717) is 17.4 Å². The van der Waals surface area contributed by atoms with Crippen molar-refractivity contribution in [3.05, 3.63) is 72.9 Å². The number of carbonyl (C=O) groups excluding carboxylic acids is 1. The highest BCUT2D eigenvalue weighted by Crippen LogP contribution is 2.38. The molecule has 9 heteroatoms. The molecule has 522 valence electrons. The largest absolute Gasteiger partial charge is 0.756 e. The van der Waals surface area contributed by atoms with E-state index in [4.69, 9.17) is 9.05 Å². The summed E-state index contributed by atoms with van der Waals surface area (Å²) in [6.07, 6.45) is 99.2. The SMILES string of the molecule is CCCCCCC/C=C\C/C=C\C/C=C\CCCCCCCCCCCCCCCCCCCCCCCCCCC(=O)NC(COP(=O)([O-])OCC[N+](C)(C)C)C(O)/C=C/CC/C=C/CC/C=C/CCCCCCCCCCCCCCCCCCCC. The van der Waals surface area contributed by atoms with Crippen LogP contribution in [0.1, 0.15) is 380 Å². The smallest absolute Gasteiger partial charge is 0.268 e. The molecule has 3 atom stereocenters. The van der Waals surface area contributed by atoms with Crippen LogP contribution < -0.4 is 10.2 Å². The third-order valence-corrected chi connectivity index (χ3v) is 18.6. The summed E-state index contributed by atoms with van der Waals surface area (Å²) >= 11 is 0. The Kier molecular flexibility index (Phi) is 68.6. The summed E-state index contributed by atoms with van der Waals surface area (Å²) in [4.78, 5) is 25.7. The highest BCUT2D eigenvalue weighted by atomic mass is 31.2. The second kappa shape index (κ2) is 70.3. The number of aliphatic hydroxyl groups is 1. The van der Waals surface area contributed by atoms with Crippen LogP contribution in [0.25, 0.3) is 0 Å². The second-order valence-electron chi connectivity index (χ2n) is 27.7. The lowest BCUT2D eigenvalue weighted by molar-refractivity contribution is -0.870. The molecule has 0 spiro atoms. The number of aliphatic hydroxyl groups excluding tert-OH is 1. The molecule has 2 N–H and O–H groups in total. The van der Waals surface area contributed by atoms with Crippen molar-refractivity contribution in [3.8, 4) is 0 Å². The van der Waals surface area contributed by atoms with Gasteiger partial charge in [-0.05, 0) is 83.5 Å². The van der Waals surface area contributed by atoms with E-state index < -0.39 is 26.6 Å². The Morgan fingerprint density at radius 2 is 0.663 bits per heavy atom. The van der Waals surface area contributed by atoms with Crippen molar-refractivity contribution in [2.24, 2.45) is 0 Å². The number of amides is 1. The van der Waals surface area contributed by atoms with E-state index in [9.17, 15) is 19.4 Å². The monoisotopic (exact) mass is 1270 g/mol. The summed E-state index contributed by atoms with van der Waals surface area (Å²) in [6, 6.07) is -0.913. The number of unbranched alkanes of at least 4 members (excludes halogenated alkanes) is 49. The molecule has 0 radical (unpaired) electrons. The van der Waals surface area contributed by atoms with Gasteiger partial charge in [0.25, 0.3) is 7.82 Å². The fourth-order valence-electron chi connectivity index (χ4n) is 11.6. The van der Waals surface area contributed by atoms with Gasteiger partial charge in [0.1, 0.15) is 13.2 Å². The van der Waals surface area contributed by atoms with Crippen molar-refractivity contribution < 1.29 is 32.9 Å². The Morgan fingerprint density at radius 3 is 0.989 bits per heavy atom. The Labute approximate surface area is 554 Å². The summed E-state index contributed by atoms with van der Waals surface area (Å²) in [7, 11) is 1.25. The lowest BCUT2D eigenvalue weighted by Crippen LogP contribution is -2.45. The Bertz CT molecular complexity index is 1680. The molecule has 0 bridgehead atoms. The highest BCUT2D eigenvalue weighted by Gasteiger charge is 2.23. The zero-order chi connectivity index (χ0) is 64.8. The molecule has 1 amide bonds. The maximum atomic E-state index is 13.1. The standard InChI is InChI=1S/C80H151N2O6P/c1-6-8-10-12-14-16-18-20-22-24-26-28-30-32-34-36-37-38-39-40-41-42-43-44-45-46-48-50-52-54-56-58-60-62-64-66-68-70-72-74-80(84)81-78(77-88-89(85,86)87-76-75-82(3,4)5)79(83)73-71-69-67-65-63-61-59-57-55-53-51-49-47-35-33-31-29-27-25-23-21-19-17-15-13-11-9-7-2/h18,20,24,26,30,32,55,57,63,65,71,73,78-79,83H,6-17,19,21-23,25,27-29,31,33-54,56,58-62,64,66-70,72,74-77H2,1-5H3,(H-,81,84,85,86)/b20-18-,26-24-,32-30-,57-55+,65-63+,73-71+. The first kappa shape index (κ1) is 86.9. The van der Waals surface area contributed by atoms with Gasteiger partial charge in [-0.1, -0.05) is 363 Å². The lowest BCUT2D eigenvalue weighted by Gasteiger charge is -2.29. The van der Waals surface area contributed by atoms with E-state index >= 15 is 0 Å². The Balaban J connectivity index is 4.01. The molecule has 0 fully saturated rings. The number of hydrogen-bond donors (Lipinski definition) is 2. The molecular weight excluding hydrogens is 1120 g/mol. The van der Waals surface area contributed by atoms with Crippen LogP contribution in [0.5, 0.6) is 0 Å². The summed E-state index contributed by atoms with van der Waals surface area (Å²) < 4.78 is 23.5. The van der Waals surface area contributed by atoms with Crippen molar-refractivity contribution in [1.82, 2.24) is 5.32 Å². The summed E-state index contributed by atoms with van der Waals surface area (Å²) in [5, 5.41) is 14.0. The van der Waals surface area contributed by atoms with Crippen LogP contribution in [0.3, 0.4) is 0 Å². The molecule has 0 aromatic rings. The predicted molar refractivity (Wildman–Crippen MR) is 390 cm³/mol. The summed E-state index contributed by atoms with van der Waals surface area (Å²) in [5.74, 6) is -0.205. The zero-order valence-electron chi connectivity index (χ0n) is 59.9. The van der Waals surface area contributed by atoms with E-state index in [1.54, 1.807) is 6.08 Å². The first-order valence-electron chi connectivity index (χ1n) is 38.8. The van der Waals surface area contributed by atoms with Gasteiger partial charge >= 0.3 is 0 Å². The fraction of sp³-hybridized carbons (Fsp3) is 0.838. The third-order valence-electron chi connectivity index (χ3n) is 17.6. The molecule has 0 rings (SSSR count). The number of nitrogens with one attached hydrogen (secondary N) is 1. The van der Waals surface area contributed by atoms with Gasteiger partial charge in [0.05, 0.1) is 39.9 Å². The first-order valence-corrected chi connectivity index (χ1v) is 40.3. The molecule has 0 aliphatic heterocycles. The number of likely N-dealkylation sites (N-methyl/N-ethyl adjacent to an activating group) is 1. The minimum Gasteiger partial charge on any atom is -0.756 e. The van der Waals surface area contributed by atoms with E-state index in [1.807, 2.05) is 27.2 Å². The number of phosphoric ester groups is 1. The molecule has 0 saturated heterocycles. The zero-order valence-corrected chi connectivity index (χ0v) is 60.8. The predicted octanol–water partition coefficient (Wildman–Crippen LogP) is 24.7. The minimum atomic E-state index is -4.62. The van der Waals surface area contributed by atoms with E-state index in [2.05, 4.69) is 79.9 Å². The van der Waals surface area contributed by atoms with Gasteiger partial charge in [-0.2, -0.15) is 0 Å². The van der Waals surface area contributed by atoms with E-state index in [-0.39, 0.29) is 12.5 Å². The number of quaternary nitrogens is 1. The molecule has 0 aliphatic rings. The van der Waals surface area contributed by atoms with Gasteiger partial charge in [-0.3, -0.25) is 9.36 Å². The molecule has 8 nitrogen and oxygen atoms in total. The molecule has 3 unspecified atom stereocenters. The van der Waals surface area contributed by atoms with Crippen LogP contribution in [0.2, 0.25) is 0 Å². The van der Waals surface area contributed by atoms with Crippen molar-refractivity contribution in [1.29, 1.82) is 0 Å². The number of phosphoric acid groups is 1. The van der Waals surface area contributed by atoms with Crippen molar-refractivity contribution >= 4 is 13.7 Å². The first-order chi connectivity index (χ1) is 43.5. The van der Waals surface area contributed by atoms with Crippen LogP contribution in [-0.4, -0.2) is 68.5 Å². The lowest BCUT2D eigenvalue weighted by atomic mass is 10.0. The van der Waals surface area contributed by atoms with Crippen LogP contribution in [-0.2, 0) is 18.4 Å². The van der Waals surface area contributed by atoms with Crippen molar-refractivity contribution in [2.75, 3.05) is 40.9 Å². The number of rotatable bonds is 72. The number of nitrogens with zero attached hydrogens (tertiary/aromatic N) is 1. The van der Waals surface area contributed by atoms with Crippen LogP contribution in [0.15, 0.2) is 72.9 Å². The molecule has 0 heterocycles. The highest BCUT2D eigenvalue weighted by molar-refractivity contribution is 7.45. The maximum Gasteiger partial charge on any atom is 0.268 e. The van der Waals surface area contributed by atoms with Gasteiger partial charge in [0, 0.05) is 6.42 Å². The number of carbonyl (C=O) groups is 1. The van der Waals surface area contributed by atoms with Gasteiger partial charge in [-0.25, -0.2) is 0 Å². The van der Waals surface area contributed by atoms with Gasteiger partial charge in [0.15, 0.2) is 0 Å². The number of allylic oxidation sites excluding steroid dienone is 11. The van der Waals surface area contributed by atoms with Crippen molar-refractivity contribution in [3.63, 3.8) is 0 Å². The van der Waals surface area contributed by atoms with E-state index in [1.165, 1.54) is 302 Å². The Morgan fingerprint density at radius 1 is 0.393 bits per heavy atom. The van der Waals surface area contributed by atoms with Gasteiger partial charge in [0.2, 0.25) is 5.91 Å². The third kappa shape index (κ3) is 73.2. The summed E-state index contributed by atoms with van der Waals surface area (Å²) in [6.45, 7) is 4.66. The normalized spacial score (nSPS) is 13.9. The second-order valence-corrected chi connectivity index (χ2v) is 29.1. The quantitative estimate of drug-likeness (QED) is 0.0272. The van der Waals surface area contributed by atoms with Crippen LogP contribution in [0.4, 0.5) is 0 Å². The van der Waals surface area contributed by atoms with Crippen molar-refractivity contribution in [2.45, 2.75) is 392 Å². The number of hydrogen-bond acceptors (Lipinski definition) is 6. The molecular formula is C80H151N2O6P. The minimum absolute atomic E-state index is 0.00901. The molecule has 0 saturated carbocycles. The molecule has 89 heavy (non-hydrogen) atoms. The van der Waals surface area contributed by atoms with Crippen LogP contribution in [0, 0.1) is 0 Å². The maximum absolute atomic E-state index is 13.1. The molecule has 0 aliphatic carbocycles. The molecule has 0 aromatic heterocycles. The fourth-order valence-corrected chi connectivity index (χ4v) is 12.3.